The van der Waals surface area contributed by atoms with Crippen LogP contribution in [0.2, 0.25) is 5.15 Å². The molecule has 26 heavy (non-hydrogen) atoms. The third-order valence-corrected chi connectivity index (χ3v) is 4.69. The van der Waals surface area contributed by atoms with Crippen LogP contribution >= 0.6 is 11.6 Å². The van der Waals surface area contributed by atoms with Gasteiger partial charge in [-0.2, -0.15) is 9.97 Å². The molecular formula is C16H22ClN5O4. The molecule has 142 valence electrons. The van der Waals surface area contributed by atoms with Gasteiger partial charge in [0.05, 0.1) is 19.0 Å². The molecule has 3 rings (SSSR count). The first kappa shape index (κ1) is 18.8. The highest BCUT2D eigenvalue weighted by Gasteiger charge is 2.62. The molecule has 0 saturated heterocycles. The van der Waals surface area contributed by atoms with E-state index in [1.807, 2.05) is 13.8 Å². The number of hydrogen-bond acceptors (Lipinski definition) is 8. The van der Waals surface area contributed by atoms with E-state index in [0.717, 1.165) is 0 Å². The highest BCUT2D eigenvalue weighted by atomic mass is 35.5. The van der Waals surface area contributed by atoms with E-state index in [4.69, 9.17) is 31.5 Å². The maximum absolute atomic E-state index is 12.7. The molecule has 1 fully saturated rings. The third kappa shape index (κ3) is 3.00. The Bertz CT molecular complexity index is 805. The zero-order chi connectivity index (χ0) is 18.9. The van der Waals surface area contributed by atoms with Crippen molar-refractivity contribution < 1.29 is 19.0 Å². The molecule has 2 heterocycles. The Morgan fingerprint density at radius 2 is 2.00 bits per heavy atom. The lowest BCUT2D eigenvalue weighted by Crippen LogP contribution is -2.61. The molecule has 0 bridgehead atoms. The van der Waals surface area contributed by atoms with Crippen LogP contribution in [0.1, 0.15) is 33.2 Å². The number of nitrogens with zero attached hydrogens (tertiary/aromatic N) is 4. The van der Waals surface area contributed by atoms with Gasteiger partial charge in [0.2, 0.25) is 5.95 Å². The van der Waals surface area contributed by atoms with Crippen molar-refractivity contribution in [2.24, 2.45) is 5.92 Å². The average molecular weight is 384 g/mol. The fourth-order valence-corrected chi connectivity index (χ4v) is 3.68. The number of fused-ring (bicyclic) bond motifs is 1. The van der Waals surface area contributed by atoms with Crippen molar-refractivity contribution in [1.29, 1.82) is 0 Å². The lowest BCUT2D eigenvalue weighted by Gasteiger charge is -2.52. The van der Waals surface area contributed by atoms with Gasteiger partial charge < -0.3 is 24.5 Å². The van der Waals surface area contributed by atoms with Crippen LogP contribution in [0, 0.1) is 5.92 Å². The van der Waals surface area contributed by atoms with Crippen molar-refractivity contribution in [2.45, 2.75) is 39.0 Å². The molecule has 0 aromatic carbocycles. The number of halogens is 1. The van der Waals surface area contributed by atoms with E-state index in [1.54, 1.807) is 17.8 Å². The smallest absolute Gasteiger partial charge is 0.316 e. The molecule has 2 aromatic rings. The summed E-state index contributed by atoms with van der Waals surface area (Å²) in [6.07, 6.45) is 2.02. The number of nitrogens with two attached hydrogens (primary N) is 1. The van der Waals surface area contributed by atoms with Gasteiger partial charge in [-0.25, -0.2) is 4.98 Å². The minimum atomic E-state index is -1.03. The SMILES string of the molecule is CCOC(=O)[C@@H]1[C@@H](n2cnc3c(Cl)nc(N)nc32)CC1(OCC)OCC. The molecular weight excluding hydrogens is 362 g/mol. The Kier molecular flexibility index (Phi) is 5.31. The number of esters is 1. The minimum absolute atomic E-state index is 0.0390. The molecule has 1 aliphatic carbocycles. The van der Waals surface area contributed by atoms with Crippen LogP contribution < -0.4 is 5.73 Å². The second-order valence-corrected chi connectivity index (χ2v) is 6.23. The normalized spacial score (nSPS) is 21.5. The number of carbonyl (C=O) groups excluding carboxylic acids is 1. The molecule has 0 radical (unpaired) electrons. The Morgan fingerprint density at radius 1 is 1.31 bits per heavy atom. The van der Waals surface area contributed by atoms with Gasteiger partial charge in [-0.05, 0) is 20.8 Å². The molecule has 0 aliphatic heterocycles. The van der Waals surface area contributed by atoms with Crippen LogP contribution in [0.15, 0.2) is 6.33 Å². The van der Waals surface area contributed by atoms with Crippen LogP contribution in [-0.4, -0.2) is 51.1 Å². The Labute approximate surface area is 155 Å². The molecule has 0 spiro atoms. The van der Waals surface area contributed by atoms with E-state index in [2.05, 4.69) is 15.0 Å². The highest BCUT2D eigenvalue weighted by Crippen LogP contribution is 2.52. The highest BCUT2D eigenvalue weighted by molar-refractivity contribution is 6.33. The topological polar surface area (TPSA) is 114 Å². The Balaban J connectivity index is 2.03. The van der Waals surface area contributed by atoms with Crippen LogP contribution in [0.25, 0.3) is 11.2 Å². The van der Waals surface area contributed by atoms with Gasteiger partial charge >= 0.3 is 5.97 Å². The van der Waals surface area contributed by atoms with Crippen LogP contribution in [0.4, 0.5) is 5.95 Å². The summed E-state index contributed by atoms with van der Waals surface area (Å²) < 4.78 is 18.7. The first-order valence-electron chi connectivity index (χ1n) is 8.57. The van der Waals surface area contributed by atoms with E-state index in [9.17, 15) is 4.79 Å². The summed E-state index contributed by atoms with van der Waals surface area (Å²) in [4.78, 5) is 25.1. The number of aromatic nitrogens is 4. The molecule has 1 saturated carbocycles. The molecule has 2 aromatic heterocycles. The van der Waals surface area contributed by atoms with Crippen molar-refractivity contribution in [2.75, 3.05) is 25.6 Å². The first-order chi connectivity index (χ1) is 12.5. The molecule has 2 N–H and O–H groups in total. The second kappa shape index (κ2) is 7.34. The van der Waals surface area contributed by atoms with Crippen molar-refractivity contribution in [3.8, 4) is 0 Å². The molecule has 9 nitrogen and oxygen atoms in total. The van der Waals surface area contributed by atoms with Crippen molar-refractivity contribution in [3.63, 3.8) is 0 Å². The average Bonchev–Trinajstić information content (AvgIpc) is 2.96. The van der Waals surface area contributed by atoms with Crippen LogP contribution in [-0.2, 0) is 19.0 Å². The lowest BCUT2D eigenvalue weighted by molar-refractivity contribution is -0.319. The van der Waals surface area contributed by atoms with Gasteiger partial charge in [-0.1, -0.05) is 11.6 Å². The predicted octanol–water partition coefficient (Wildman–Crippen LogP) is 1.96. The number of imidazole rings is 1. The van der Waals surface area contributed by atoms with Gasteiger partial charge in [0.15, 0.2) is 16.6 Å². The molecule has 2 atom stereocenters. The van der Waals surface area contributed by atoms with Gasteiger partial charge in [-0.3, -0.25) is 4.79 Å². The van der Waals surface area contributed by atoms with Crippen LogP contribution in [0.5, 0.6) is 0 Å². The number of rotatable bonds is 7. The molecule has 10 heteroatoms. The zero-order valence-electron chi connectivity index (χ0n) is 14.9. The van der Waals surface area contributed by atoms with Crippen molar-refractivity contribution in [3.05, 3.63) is 11.5 Å². The van der Waals surface area contributed by atoms with Gasteiger partial charge in [0, 0.05) is 19.6 Å². The quantitative estimate of drug-likeness (QED) is 0.438. The molecule has 0 unspecified atom stereocenters. The number of carbonyl (C=O) groups is 1. The summed E-state index contributed by atoms with van der Waals surface area (Å²) in [7, 11) is 0. The maximum Gasteiger partial charge on any atom is 0.316 e. The van der Waals surface area contributed by atoms with Gasteiger partial charge in [-0.15, -0.1) is 0 Å². The second-order valence-electron chi connectivity index (χ2n) is 5.88. The third-order valence-electron chi connectivity index (χ3n) is 4.42. The minimum Gasteiger partial charge on any atom is -0.466 e. The van der Waals surface area contributed by atoms with E-state index >= 15 is 0 Å². The van der Waals surface area contributed by atoms with Crippen molar-refractivity contribution in [1.82, 2.24) is 19.5 Å². The Hall–Kier alpha value is -1.97. The van der Waals surface area contributed by atoms with E-state index in [0.29, 0.717) is 30.8 Å². The van der Waals surface area contributed by atoms with E-state index in [-0.39, 0.29) is 29.7 Å². The summed E-state index contributed by atoms with van der Waals surface area (Å²) in [6, 6.07) is -0.303. The van der Waals surface area contributed by atoms with E-state index < -0.39 is 11.7 Å². The molecule has 1 aliphatic rings. The largest absolute Gasteiger partial charge is 0.466 e. The van der Waals surface area contributed by atoms with Crippen molar-refractivity contribution >= 4 is 34.7 Å². The van der Waals surface area contributed by atoms with Gasteiger partial charge in [0.25, 0.3) is 0 Å². The fourth-order valence-electron chi connectivity index (χ4n) is 3.46. The zero-order valence-corrected chi connectivity index (χ0v) is 15.7. The summed E-state index contributed by atoms with van der Waals surface area (Å²) in [5, 5.41) is 0.166. The Morgan fingerprint density at radius 3 is 2.62 bits per heavy atom. The maximum atomic E-state index is 12.7. The van der Waals surface area contributed by atoms with Crippen LogP contribution in [0.3, 0.4) is 0 Å². The monoisotopic (exact) mass is 383 g/mol. The number of hydrogen-bond donors (Lipinski definition) is 1. The number of ether oxygens (including phenoxy) is 3. The predicted molar refractivity (Wildman–Crippen MR) is 94.5 cm³/mol. The van der Waals surface area contributed by atoms with E-state index in [1.165, 1.54) is 0 Å². The summed E-state index contributed by atoms with van der Waals surface area (Å²) in [6.45, 7) is 6.56. The fraction of sp³-hybridized carbons (Fsp3) is 0.625. The summed E-state index contributed by atoms with van der Waals surface area (Å²) in [5.41, 5.74) is 6.60. The van der Waals surface area contributed by atoms with Gasteiger partial charge in [0.1, 0.15) is 11.4 Å². The lowest BCUT2D eigenvalue weighted by atomic mass is 9.72. The molecule has 0 amide bonds. The number of anilines is 1. The summed E-state index contributed by atoms with van der Waals surface area (Å²) >= 11 is 6.10. The standard InChI is InChI=1S/C16H22ClN5O4/c1-4-24-14(23)10-9(7-16(10,25-5-2)26-6-3)22-8-19-11-12(17)20-15(18)21-13(11)22/h8-10H,4-7H2,1-3H3,(H2,18,20,21)/t9-,10-/m0/s1. The number of nitrogen functional groups attached to an aromatic ring is 1. The first-order valence-corrected chi connectivity index (χ1v) is 8.95. The summed E-state index contributed by atoms with van der Waals surface area (Å²) in [5.74, 6) is -2.04.